The van der Waals surface area contributed by atoms with Gasteiger partial charge < -0.3 is 4.90 Å². The Labute approximate surface area is 116 Å². The van der Waals surface area contributed by atoms with E-state index in [2.05, 4.69) is 20.9 Å². The van der Waals surface area contributed by atoms with Crippen molar-refractivity contribution in [3.63, 3.8) is 0 Å². The summed E-state index contributed by atoms with van der Waals surface area (Å²) in [6.45, 7) is 0.432. The fourth-order valence-corrected chi connectivity index (χ4v) is 2.69. The minimum absolute atomic E-state index is 0.208. The van der Waals surface area contributed by atoms with Crippen LogP contribution in [0.15, 0.2) is 22.1 Å². The number of nitro groups is 1. The van der Waals surface area contributed by atoms with E-state index in [-0.39, 0.29) is 5.82 Å². The van der Waals surface area contributed by atoms with E-state index in [9.17, 15) is 14.9 Å². The molecule has 98 valence electrons. The molecule has 1 rings (SSSR count). The minimum Gasteiger partial charge on any atom is -0.351 e. The molecule has 9 heteroatoms. The molecule has 0 aromatic carbocycles. The fourth-order valence-electron chi connectivity index (χ4n) is 1.28. The third-order valence-electron chi connectivity index (χ3n) is 2.05. The Morgan fingerprint density at radius 1 is 1.67 bits per heavy atom. The highest BCUT2D eigenvalue weighted by atomic mass is 79.9. The molecular weight excluding hydrogens is 324 g/mol. The second-order valence-corrected chi connectivity index (χ2v) is 5.82. The molecule has 1 aromatic heterocycles. The maximum Gasteiger partial charge on any atom is 0.274 e. The lowest BCUT2D eigenvalue weighted by Crippen LogP contribution is -2.30. The number of halogens is 1. The van der Waals surface area contributed by atoms with Gasteiger partial charge in [0.1, 0.15) is 0 Å². The molecule has 0 unspecified atom stereocenters. The highest BCUT2D eigenvalue weighted by Gasteiger charge is 2.15. The van der Waals surface area contributed by atoms with Gasteiger partial charge in [-0.25, -0.2) is 4.98 Å². The van der Waals surface area contributed by atoms with Gasteiger partial charge in [0.25, 0.3) is 6.20 Å². The van der Waals surface area contributed by atoms with Crippen LogP contribution in [-0.4, -0.2) is 40.2 Å². The van der Waals surface area contributed by atoms with Crippen molar-refractivity contribution in [2.75, 3.05) is 14.1 Å². The van der Waals surface area contributed by atoms with Crippen LogP contribution in [0.2, 0.25) is 0 Å². The molecule has 0 saturated carbocycles. The molecule has 18 heavy (non-hydrogen) atoms. The molecule has 0 radical (unpaired) electrons. The molecule has 0 spiro atoms. The smallest absolute Gasteiger partial charge is 0.274 e. The molecule has 0 atom stereocenters. The number of nitrogens with zero attached hydrogens (tertiary/aromatic N) is 4. The Morgan fingerprint density at radius 3 is 2.78 bits per heavy atom. The predicted octanol–water partition coefficient (Wildman–Crippen LogP) is 1.50. The molecular formula is C9H11BrN4O3S. The second kappa shape index (κ2) is 6.45. The van der Waals surface area contributed by atoms with E-state index in [0.29, 0.717) is 13.0 Å². The van der Waals surface area contributed by atoms with Crippen molar-refractivity contribution in [1.82, 2.24) is 14.8 Å². The number of hydrogen-bond donors (Lipinski definition) is 0. The lowest BCUT2D eigenvalue weighted by molar-refractivity contribution is -0.405. The fraction of sp³-hybridized carbons (Fsp3) is 0.333. The number of aromatic nitrogens is 1. The summed E-state index contributed by atoms with van der Waals surface area (Å²) < 4.78 is 0.745. The van der Waals surface area contributed by atoms with Crippen molar-refractivity contribution >= 4 is 33.7 Å². The van der Waals surface area contributed by atoms with Gasteiger partial charge in [0.2, 0.25) is 6.41 Å². The third kappa shape index (κ3) is 4.08. The zero-order chi connectivity index (χ0) is 13.7. The van der Waals surface area contributed by atoms with Crippen LogP contribution in [0, 0.1) is 10.1 Å². The van der Waals surface area contributed by atoms with E-state index in [0.717, 1.165) is 19.9 Å². The van der Waals surface area contributed by atoms with Crippen molar-refractivity contribution in [3.05, 3.63) is 37.1 Å². The van der Waals surface area contributed by atoms with E-state index < -0.39 is 4.92 Å². The van der Waals surface area contributed by atoms with Crippen molar-refractivity contribution in [3.8, 4) is 0 Å². The summed E-state index contributed by atoms with van der Waals surface area (Å²) in [7, 11) is 3.13. The van der Waals surface area contributed by atoms with Crippen molar-refractivity contribution in [1.29, 1.82) is 0 Å². The van der Waals surface area contributed by atoms with Gasteiger partial charge in [-0.1, -0.05) is 0 Å². The van der Waals surface area contributed by atoms with Gasteiger partial charge in [0.15, 0.2) is 9.74 Å². The number of rotatable bonds is 6. The van der Waals surface area contributed by atoms with Crippen molar-refractivity contribution in [2.45, 2.75) is 6.54 Å². The molecule has 1 amide bonds. The predicted molar refractivity (Wildman–Crippen MR) is 70.2 cm³/mol. The number of hydrogen-bond acceptors (Lipinski definition) is 6. The van der Waals surface area contributed by atoms with Crippen molar-refractivity contribution < 1.29 is 9.72 Å². The summed E-state index contributed by atoms with van der Waals surface area (Å²) in [6.07, 6.45) is 2.99. The molecule has 0 aliphatic carbocycles. The Morgan fingerprint density at radius 2 is 2.33 bits per heavy atom. The van der Waals surface area contributed by atoms with Gasteiger partial charge in [0, 0.05) is 25.2 Å². The van der Waals surface area contributed by atoms with Crippen LogP contribution in [0.5, 0.6) is 0 Å². The molecule has 7 nitrogen and oxygen atoms in total. The highest BCUT2D eigenvalue weighted by molar-refractivity contribution is 9.11. The quantitative estimate of drug-likeness (QED) is 0.447. The number of thiazole rings is 1. The summed E-state index contributed by atoms with van der Waals surface area (Å²) in [5.74, 6) is 0.208. The summed E-state index contributed by atoms with van der Waals surface area (Å²) in [4.78, 5) is 28.4. The summed E-state index contributed by atoms with van der Waals surface area (Å²) in [5, 5.41) is 10.5. The Bertz CT molecular complexity index is 476. The van der Waals surface area contributed by atoms with Gasteiger partial charge >= 0.3 is 0 Å². The normalized spacial score (nSPS) is 11.2. The molecule has 0 N–H and O–H groups in total. The molecule has 1 heterocycles. The lowest BCUT2D eigenvalue weighted by atomic mass is 10.4. The Balaban J connectivity index is 2.86. The standard InChI is InChI=1S/C9H11BrN4O3S/c1-12(4-7-3-11-9(10)18-7)8(5-14(16)17)13(2)6-15/h3,5-6H,4H2,1-2H3. The zero-order valence-corrected chi connectivity index (χ0v) is 12.1. The van der Waals surface area contributed by atoms with Crippen LogP contribution in [0.25, 0.3) is 0 Å². The van der Waals surface area contributed by atoms with Gasteiger partial charge in [0.05, 0.1) is 11.5 Å². The largest absolute Gasteiger partial charge is 0.351 e. The summed E-state index contributed by atoms with van der Waals surface area (Å²) in [6, 6.07) is 0. The first-order chi connectivity index (χ1) is 8.43. The van der Waals surface area contributed by atoms with Crippen LogP contribution >= 0.6 is 27.3 Å². The zero-order valence-electron chi connectivity index (χ0n) is 9.74. The average molecular weight is 335 g/mol. The monoisotopic (exact) mass is 334 g/mol. The molecule has 0 saturated heterocycles. The SMILES string of the molecule is CN(C=O)C(=C[N+](=O)[O-])N(C)Cc1cnc(Br)s1. The van der Waals surface area contributed by atoms with Gasteiger partial charge in [-0.3, -0.25) is 19.8 Å². The van der Waals surface area contributed by atoms with Crippen LogP contribution in [0.4, 0.5) is 0 Å². The van der Waals surface area contributed by atoms with E-state index >= 15 is 0 Å². The number of amides is 1. The number of carbonyl (C=O) groups excluding carboxylic acids is 1. The van der Waals surface area contributed by atoms with Crippen LogP contribution in [0.3, 0.4) is 0 Å². The van der Waals surface area contributed by atoms with E-state index in [1.807, 2.05) is 0 Å². The third-order valence-corrected chi connectivity index (χ3v) is 3.51. The first kappa shape index (κ1) is 14.6. The highest BCUT2D eigenvalue weighted by Crippen LogP contribution is 2.21. The van der Waals surface area contributed by atoms with E-state index in [1.54, 1.807) is 18.1 Å². The first-order valence-electron chi connectivity index (χ1n) is 4.79. The summed E-state index contributed by atoms with van der Waals surface area (Å²) >= 11 is 4.67. The molecule has 1 aromatic rings. The van der Waals surface area contributed by atoms with E-state index in [4.69, 9.17) is 0 Å². The number of carbonyl (C=O) groups is 1. The van der Waals surface area contributed by atoms with E-state index in [1.165, 1.54) is 18.4 Å². The molecule has 0 aliphatic rings. The molecule has 0 bridgehead atoms. The lowest BCUT2D eigenvalue weighted by Gasteiger charge is -2.24. The van der Waals surface area contributed by atoms with Crippen LogP contribution < -0.4 is 0 Å². The van der Waals surface area contributed by atoms with Gasteiger partial charge in [-0.2, -0.15) is 0 Å². The Kier molecular flexibility index (Phi) is 5.23. The Hall–Kier alpha value is -1.48. The maximum absolute atomic E-state index is 10.7. The van der Waals surface area contributed by atoms with Crippen LogP contribution in [0.1, 0.15) is 4.88 Å². The molecule has 0 fully saturated rings. The minimum atomic E-state index is -0.589. The van der Waals surface area contributed by atoms with Crippen molar-refractivity contribution in [2.24, 2.45) is 0 Å². The van der Waals surface area contributed by atoms with Gasteiger partial charge in [-0.15, -0.1) is 11.3 Å². The second-order valence-electron chi connectivity index (χ2n) is 3.42. The topological polar surface area (TPSA) is 79.6 Å². The van der Waals surface area contributed by atoms with Gasteiger partial charge in [-0.05, 0) is 15.9 Å². The first-order valence-corrected chi connectivity index (χ1v) is 6.39. The molecule has 0 aliphatic heterocycles. The van der Waals surface area contributed by atoms with Crippen LogP contribution in [-0.2, 0) is 11.3 Å². The summed E-state index contributed by atoms with van der Waals surface area (Å²) in [5.41, 5.74) is 0. The maximum atomic E-state index is 10.7. The average Bonchev–Trinajstić information content (AvgIpc) is 2.70.